The molecule has 0 saturated heterocycles. The molecule has 4 rings (SSSR count). The van der Waals surface area contributed by atoms with E-state index in [-0.39, 0.29) is 11.8 Å². The first-order valence-corrected chi connectivity index (χ1v) is 9.43. The molecule has 0 radical (unpaired) electrons. The monoisotopic (exact) mass is 385 g/mol. The van der Waals surface area contributed by atoms with E-state index in [0.29, 0.717) is 22.6 Å². The number of hydrogen-bond acceptors (Lipinski definition) is 4. The molecule has 0 atom stereocenters. The standard InChI is InChI=1S/C22H15N3O2S/c1-14(26)24-17-10-19-20(22(27)25-21(19)23-12-17)11-18-9-16(13-28-18)8-7-15-5-3-2-4-6-15/h2-6,9-13H,1H3,(H,24,26)(H,23,25,27). The maximum absolute atomic E-state index is 12.4. The lowest BCUT2D eigenvalue weighted by Gasteiger charge is -2.03. The van der Waals surface area contributed by atoms with Crippen LogP contribution < -0.4 is 10.6 Å². The number of rotatable bonds is 2. The topological polar surface area (TPSA) is 71.1 Å². The van der Waals surface area contributed by atoms with E-state index in [0.717, 1.165) is 16.0 Å². The van der Waals surface area contributed by atoms with Gasteiger partial charge in [0.05, 0.1) is 17.5 Å². The van der Waals surface area contributed by atoms with E-state index in [1.807, 2.05) is 47.9 Å². The van der Waals surface area contributed by atoms with Gasteiger partial charge < -0.3 is 10.6 Å². The summed E-state index contributed by atoms with van der Waals surface area (Å²) >= 11 is 1.51. The summed E-state index contributed by atoms with van der Waals surface area (Å²) in [5.74, 6) is 6.35. The fourth-order valence-corrected chi connectivity index (χ4v) is 3.55. The number of anilines is 2. The van der Waals surface area contributed by atoms with Gasteiger partial charge in [0.1, 0.15) is 5.82 Å². The van der Waals surface area contributed by atoms with Crippen molar-refractivity contribution >= 4 is 46.3 Å². The molecule has 6 heteroatoms. The zero-order valence-electron chi connectivity index (χ0n) is 14.9. The zero-order valence-corrected chi connectivity index (χ0v) is 15.8. The first-order chi connectivity index (χ1) is 13.6. The van der Waals surface area contributed by atoms with Gasteiger partial charge in [0.2, 0.25) is 5.91 Å². The fourth-order valence-electron chi connectivity index (χ4n) is 2.78. The van der Waals surface area contributed by atoms with Gasteiger partial charge in [-0.25, -0.2) is 4.98 Å². The maximum Gasteiger partial charge on any atom is 0.257 e. The zero-order chi connectivity index (χ0) is 19.5. The summed E-state index contributed by atoms with van der Waals surface area (Å²) in [5.41, 5.74) is 3.58. The number of hydrogen-bond donors (Lipinski definition) is 2. The quantitative estimate of drug-likeness (QED) is 0.518. The Labute approximate surface area is 166 Å². The minimum atomic E-state index is -0.215. The van der Waals surface area contributed by atoms with E-state index in [4.69, 9.17) is 0 Å². The number of nitrogens with one attached hydrogen (secondary N) is 2. The molecule has 0 bridgehead atoms. The molecular formula is C22H15N3O2S. The highest BCUT2D eigenvalue weighted by Gasteiger charge is 2.26. The number of carbonyl (C=O) groups is 2. The summed E-state index contributed by atoms with van der Waals surface area (Å²) < 4.78 is 0. The Kier molecular flexibility index (Phi) is 4.75. The Morgan fingerprint density at radius 2 is 1.96 bits per heavy atom. The molecule has 1 aliphatic rings. The second-order valence-electron chi connectivity index (χ2n) is 6.17. The second-order valence-corrected chi connectivity index (χ2v) is 7.11. The van der Waals surface area contributed by atoms with Gasteiger partial charge >= 0.3 is 0 Å². The predicted octanol–water partition coefficient (Wildman–Crippen LogP) is 3.99. The third kappa shape index (κ3) is 3.85. The molecule has 0 saturated carbocycles. The van der Waals surface area contributed by atoms with Gasteiger partial charge in [0, 0.05) is 33.9 Å². The lowest BCUT2D eigenvalue weighted by atomic mass is 10.1. The van der Waals surface area contributed by atoms with Gasteiger partial charge in [0.25, 0.3) is 5.91 Å². The van der Waals surface area contributed by atoms with Crippen LogP contribution in [0.25, 0.3) is 11.6 Å². The Bertz CT molecular complexity index is 1170. The van der Waals surface area contributed by atoms with Crippen molar-refractivity contribution in [1.82, 2.24) is 4.98 Å². The van der Waals surface area contributed by atoms with Crippen LogP contribution in [0.4, 0.5) is 11.5 Å². The van der Waals surface area contributed by atoms with Crippen LogP contribution in [0.2, 0.25) is 0 Å². The van der Waals surface area contributed by atoms with Crippen LogP contribution in [0.1, 0.15) is 28.5 Å². The molecule has 1 aliphatic heterocycles. The lowest BCUT2D eigenvalue weighted by molar-refractivity contribution is -0.114. The Hall–Kier alpha value is -3.69. The van der Waals surface area contributed by atoms with Gasteiger partial charge in [-0.15, -0.1) is 11.3 Å². The summed E-state index contributed by atoms with van der Waals surface area (Å²) in [6.07, 6.45) is 3.34. The molecular weight excluding hydrogens is 370 g/mol. The summed E-state index contributed by atoms with van der Waals surface area (Å²) in [6, 6.07) is 13.5. The molecule has 2 aromatic heterocycles. The molecule has 2 N–H and O–H groups in total. The van der Waals surface area contributed by atoms with Crippen LogP contribution in [0.3, 0.4) is 0 Å². The number of fused-ring (bicyclic) bond motifs is 1. The minimum absolute atomic E-state index is 0.190. The van der Waals surface area contributed by atoms with Crippen LogP contribution in [-0.2, 0) is 9.59 Å². The molecule has 2 amide bonds. The minimum Gasteiger partial charge on any atom is -0.325 e. The van der Waals surface area contributed by atoms with Crippen molar-refractivity contribution in [3.63, 3.8) is 0 Å². The van der Waals surface area contributed by atoms with Crippen molar-refractivity contribution in [2.45, 2.75) is 6.92 Å². The smallest absolute Gasteiger partial charge is 0.257 e. The molecule has 3 heterocycles. The van der Waals surface area contributed by atoms with Crippen LogP contribution in [0.5, 0.6) is 0 Å². The molecule has 0 fully saturated rings. The molecule has 28 heavy (non-hydrogen) atoms. The fraction of sp³-hybridized carbons (Fsp3) is 0.0455. The summed E-state index contributed by atoms with van der Waals surface area (Å²) in [7, 11) is 0. The molecule has 3 aromatic rings. The summed E-state index contributed by atoms with van der Waals surface area (Å²) in [6.45, 7) is 1.43. The predicted molar refractivity (Wildman–Crippen MR) is 112 cm³/mol. The third-order valence-electron chi connectivity index (χ3n) is 4.01. The molecule has 5 nitrogen and oxygen atoms in total. The van der Waals surface area contributed by atoms with E-state index in [2.05, 4.69) is 27.5 Å². The highest BCUT2D eigenvalue weighted by molar-refractivity contribution is 7.11. The average molecular weight is 385 g/mol. The van der Waals surface area contributed by atoms with Crippen molar-refractivity contribution < 1.29 is 9.59 Å². The van der Waals surface area contributed by atoms with Crippen LogP contribution >= 0.6 is 11.3 Å². The Morgan fingerprint density at radius 1 is 1.18 bits per heavy atom. The maximum atomic E-state index is 12.4. The van der Waals surface area contributed by atoms with Gasteiger partial charge in [-0.2, -0.15) is 0 Å². The Morgan fingerprint density at radius 3 is 2.75 bits per heavy atom. The van der Waals surface area contributed by atoms with Gasteiger partial charge in [-0.3, -0.25) is 9.59 Å². The molecule has 0 unspecified atom stereocenters. The molecule has 1 aromatic carbocycles. The van der Waals surface area contributed by atoms with E-state index in [1.165, 1.54) is 24.5 Å². The molecule has 136 valence electrons. The van der Waals surface area contributed by atoms with E-state index in [1.54, 1.807) is 6.07 Å². The highest BCUT2D eigenvalue weighted by Crippen LogP contribution is 2.34. The van der Waals surface area contributed by atoms with E-state index in [9.17, 15) is 9.59 Å². The number of benzene rings is 1. The van der Waals surface area contributed by atoms with Gasteiger partial charge in [-0.1, -0.05) is 30.0 Å². The highest BCUT2D eigenvalue weighted by atomic mass is 32.1. The number of thiophene rings is 1. The van der Waals surface area contributed by atoms with Crippen molar-refractivity contribution in [3.8, 4) is 11.8 Å². The SMILES string of the molecule is CC(=O)Nc1cnc2c(c1)C(=Cc1cc(C#Cc3ccccc3)cs1)C(=O)N2. The molecule has 0 aliphatic carbocycles. The first-order valence-electron chi connectivity index (χ1n) is 8.55. The normalized spacial score (nSPS) is 13.5. The first kappa shape index (κ1) is 17.7. The van der Waals surface area contributed by atoms with Crippen LogP contribution in [0, 0.1) is 11.8 Å². The van der Waals surface area contributed by atoms with Gasteiger partial charge in [-0.05, 0) is 30.3 Å². The summed E-state index contributed by atoms with van der Waals surface area (Å²) in [5, 5.41) is 7.39. The largest absolute Gasteiger partial charge is 0.325 e. The number of pyridine rings is 1. The average Bonchev–Trinajstić information content (AvgIpc) is 3.25. The number of aromatic nitrogens is 1. The number of carbonyl (C=O) groups excluding carboxylic acids is 2. The third-order valence-corrected chi connectivity index (χ3v) is 4.89. The van der Waals surface area contributed by atoms with E-state index >= 15 is 0 Å². The van der Waals surface area contributed by atoms with Crippen LogP contribution in [-0.4, -0.2) is 16.8 Å². The Balaban J connectivity index is 1.62. The van der Waals surface area contributed by atoms with Crippen molar-refractivity contribution in [3.05, 3.63) is 75.6 Å². The number of amides is 2. The lowest BCUT2D eigenvalue weighted by Crippen LogP contribution is -2.06. The second kappa shape index (κ2) is 7.51. The van der Waals surface area contributed by atoms with Gasteiger partial charge in [0.15, 0.2) is 0 Å². The van der Waals surface area contributed by atoms with Crippen molar-refractivity contribution in [2.24, 2.45) is 0 Å². The van der Waals surface area contributed by atoms with Crippen LogP contribution in [0.15, 0.2) is 54.0 Å². The van der Waals surface area contributed by atoms with Crippen molar-refractivity contribution in [1.29, 1.82) is 0 Å². The molecule has 0 spiro atoms. The van der Waals surface area contributed by atoms with Crippen molar-refractivity contribution in [2.75, 3.05) is 10.6 Å². The summed E-state index contributed by atoms with van der Waals surface area (Å²) in [4.78, 5) is 28.8. The van der Waals surface area contributed by atoms with E-state index < -0.39 is 0 Å². The number of nitrogens with zero attached hydrogens (tertiary/aromatic N) is 1.